The first-order chi connectivity index (χ1) is 6.16. The van der Waals surface area contributed by atoms with Gasteiger partial charge in [-0.15, -0.1) is 0 Å². The van der Waals surface area contributed by atoms with Gasteiger partial charge in [0.2, 0.25) is 0 Å². The van der Waals surface area contributed by atoms with E-state index in [4.69, 9.17) is 5.11 Å². The van der Waals surface area contributed by atoms with Crippen molar-refractivity contribution < 1.29 is 14.6 Å². The molecular formula is C9H15NO3. The highest BCUT2D eigenvalue weighted by atomic mass is 16.5. The number of nitrogens with one attached hydrogen (secondary N) is 1. The van der Waals surface area contributed by atoms with Crippen molar-refractivity contribution in [3.8, 4) is 11.8 Å². The van der Waals surface area contributed by atoms with Crippen molar-refractivity contribution in [2.75, 3.05) is 19.8 Å². The van der Waals surface area contributed by atoms with Crippen molar-refractivity contribution in [1.82, 2.24) is 5.32 Å². The third kappa shape index (κ3) is 8.86. The molecule has 0 aliphatic carbocycles. The highest BCUT2D eigenvalue weighted by molar-refractivity contribution is 5.66. The summed E-state index contributed by atoms with van der Waals surface area (Å²) in [4.78, 5) is 10.3. The van der Waals surface area contributed by atoms with E-state index < -0.39 is 0 Å². The molecule has 0 rings (SSSR count). The molecule has 0 unspecified atom stereocenters. The predicted octanol–water partition coefficient (Wildman–Crippen LogP) is -0.477. The van der Waals surface area contributed by atoms with E-state index in [0.29, 0.717) is 6.54 Å². The van der Waals surface area contributed by atoms with Gasteiger partial charge in [0.25, 0.3) is 0 Å². The first-order valence-electron chi connectivity index (χ1n) is 4.10. The number of rotatable bonds is 4. The second kappa shape index (κ2) is 7.59. The molecule has 0 aromatic rings. The summed E-state index contributed by atoms with van der Waals surface area (Å²) in [7, 11) is 0. The number of aliphatic hydroxyl groups excluding tert-OH is 1. The molecule has 0 spiro atoms. The van der Waals surface area contributed by atoms with Crippen LogP contribution in [0, 0.1) is 11.8 Å². The van der Waals surface area contributed by atoms with Crippen LogP contribution in [-0.4, -0.2) is 36.9 Å². The fourth-order valence-corrected chi connectivity index (χ4v) is 0.541. The molecule has 0 aromatic carbocycles. The zero-order valence-electron chi connectivity index (χ0n) is 7.96. The van der Waals surface area contributed by atoms with E-state index in [-0.39, 0.29) is 25.2 Å². The zero-order valence-corrected chi connectivity index (χ0v) is 7.96. The third-order valence-corrected chi connectivity index (χ3v) is 1.29. The Bertz CT molecular complexity index is 205. The van der Waals surface area contributed by atoms with Gasteiger partial charge in [-0.05, 0) is 6.92 Å². The SMILES string of the molecule is CC(=O)OCC#CCN[C@@H](C)CO. The number of carbonyl (C=O) groups is 1. The highest BCUT2D eigenvalue weighted by Gasteiger charge is 1.93. The average molecular weight is 185 g/mol. The molecule has 0 radical (unpaired) electrons. The summed E-state index contributed by atoms with van der Waals surface area (Å²) in [6, 6.07) is 0.0445. The summed E-state index contributed by atoms with van der Waals surface area (Å²) >= 11 is 0. The molecule has 0 aliphatic rings. The van der Waals surface area contributed by atoms with Gasteiger partial charge in [0.05, 0.1) is 13.2 Å². The van der Waals surface area contributed by atoms with Crippen LogP contribution in [-0.2, 0) is 9.53 Å². The largest absolute Gasteiger partial charge is 0.453 e. The first kappa shape index (κ1) is 11.9. The number of carbonyl (C=O) groups excluding carboxylic acids is 1. The maximum atomic E-state index is 10.3. The molecule has 4 heteroatoms. The number of hydrogen-bond donors (Lipinski definition) is 2. The lowest BCUT2D eigenvalue weighted by Gasteiger charge is -2.05. The van der Waals surface area contributed by atoms with Gasteiger partial charge < -0.3 is 15.2 Å². The summed E-state index contributed by atoms with van der Waals surface area (Å²) < 4.78 is 4.59. The van der Waals surface area contributed by atoms with Gasteiger partial charge in [0.1, 0.15) is 0 Å². The van der Waals surface area contributed by atoms with Crippen molar-refractivity contribution in [1.29, 1.82) is 0 Å². The molecule has 0 aromatic heterocycles. The number of esters is 1. The van der Waals surface area contributed by atoms with Crippen LogP contribution in [0.5, 0.6) is 0 Å². The summed E-state index contributed by atoms with van der Waals surface area (Å²) in [5.41, 5.74) is 0. The molecule has 74 valence electrons. The number of hydrogen-bond acceptors (Lipinski definition) is 4. The first-order valence-corrected chi connectivity index (χ1v) is 4.10. The Kier molecular flexibility index (Phi) is 6.98. The van der Waals surface area contributed by atoms with Gasteiger partial charge in [0, 0.05) is 13.0 Å². The van der Waals surface area contributed by atoms with Gasteiger partial charge in [-0.25, -0.2) is 0 Å². The van der Waals surface area contributed by atoms with Crippen molar-refractivity contribution in [3.05, 3.63) is 0 Å². The van der Waals surface area contributed by atoms with Crippen LogP contribution in [0.15, 0.2) is 0 Å². The molecule has 4 nitrogen and oxygen atoms in total. The van der Waals surface area contributed by atoms with E-state index in [1.165, 1.54) is 6.92 Å². The fourth-order valence-electron chi connectivity index (χ4n) is 0.541. The Morgan fingerprint density at radius 1 is 1.62 bits per heavy atom. The monoisotopic (exact) mass is 185 g/mol. The lowest BCUT2D eigenvalue weighted by molar-refractivity contribution is -0.139. The lowest BCUT2D eigenvalue weighted by atomic mass is 10.3. The summed E-state index contributed by atoms with van der Waals surface area (Å²) in [6.07, 6.45) is 0. The molecular weight excluding hydrogens is 170 g/mol. The Hall–Kier alpha value is -1.05. The quantitative estimate of drug-likeness (QED) is 0.459. The molecule has 13 heavy (non-hydrogen) atoms. The second-order valence-corrected chi connectivity index (χ2v) is 2.60. The number of aliphatic hydroxyl groups is 1. The minimum Gasteiger partial charge on any atom is -0.453 e. The second-order valence-electron chi connectivity index (χ2n) is 2.60. The van der Waals surface area contributed by atoms with Gasteiger partial charge in [-0.3, -0.25) is 4.79 Å². The Balaban J connectivity index is 3.35. The van der Waals surface area contributed by atoms with E-state index >= 15 is 0 Å². The smallest absolute Gasteiger partial charge is 0.303 e. The third-order valence-electron chi connectivity index (χ3n) is 1.29. The van der Waals surface area contributed by atoms with E-state index in [1.54, 1.807) is 0 Å². The number of ether oxygens (including phenoxy) is 1. The predicted molar refractivity (Wildman–Crippen MR) is 49.0 cm³/mol. The van der Waals surface area contributed by atoms with Crippen molar-refractivity contribution >= 4 is 5.97 Å². The van der Waals surface area contributed by atoms with Crippen LogP contribution in [0.4, 0.5) is 0 Å². The van der Waals surface area contributed by atoms with Crippen LogP contribution in [0.3, 0.4) is 0 Å². The van der Waals surface area contributed by atoms with Gasteiger partial charge in [-0.1, -0.05) is 11.8 Å². The van der Waals surface area contributed by atoms with Crippen LogP contribution in [0.2, 0.25) is 0 Å². The van der Waals surface area contributed by atoms with Crippen LogP contribution in [0.25, 0.3) is 0 Å². The molecule has 0 fully saturated rings. The fraction of sp³-hybridized carbons (Fsp3) is 0.667. The van der Waals surface area contributed by atoms with Crippen molar-refractivity contribution in [3.63, 3.8) is 0 Å². The highest BCUT2D eigenvalue weighted by Crippen LogP contribution is 1.75. The Morgan fingerprint density at radius 3 is 2.85 bits per heavy atom. The Labute approximate surface area is 78.3 Å². The standard InChI is InChI=1S/C9H15NO3/c1-8(7-11)10-5-3-4-6-13-9(2)12/h8,10-11H,5-7H2,1-2H3/t8-/m0/s1. The molecule has 0 heterocycles. The summed E-state index contributed by atoms with van der Waals surface area (Å²) in [5, 5.41) is 11.6. The minimum atomic E-state index is -0.328. The van der Waals surface area contributed by atoms with E-state index in [2.05, 4.69) is 21.9 Å². The topological polar surface area (TPSA) is 58.6 Å². The molecule has 0 aliphatic heterocycles. The Morgan fingerprint density at radius 2 is 2.31 bits per heavy atom. The van der Waals surface area contributed by atoms with E-state index in [9.17, 15) is 4.79 Å². The maximum absolute atomic E-state index is 10.3. The minimum absolute atomic E-state index is 0.0445. The molecule has 0 amide bonds. The van der Waals surface area contributed by atoms with Gasteiger partial charge in [0.15, 0.2) is 6.61 Å². The zero-order chi connectivity index (χ0) is 10.1. The molecule has 0 saturated heterocycles. The maximum Gasteiger partial charge on any atom is 0.303 e. The van der Waals surface area contributed by atoms with E-state index in [0.717, 1.165) is 0 Å². The van der Waals surface area contributed by atoms with Crippen LogP contribution in [0.1, 0.15) is 13.8 Å². The molecule has 1 atom stereocenters. The lowest BCUT2D eigenvalue weighted by Crippen LogP contribution is -2.29. The van der Waals surface area contributed by atoms with Crippen LogP contribution >= 0.6 is 0 Å². The normalized spacial score (nSPS) is 11.3. The summed E-state index contributed by atoms with van der Waals surface area (Å²) in [6.45, 7) is 3.90. The van der Waals surface area contributed by atoms with Gasteiger partial charge >= 0.3 is 5.97 Å². The molecule has 2 N–H and O–H groups in total. The average Bonchev–Trinajstić information content (AvgIpc) is 2.10. The van der Waals surface area contributed by atoms with Crippen LogP contribution < -0.4 is 5.32 Å². The summed E-state index contributed by atoms with van der Waals surface area (Å²) in [5.74, 6) is 5.09. The van der Waals surface area contributed by atoms with Gasteiger partial charge in [-0.2, -0.15) is 0 Å². The van der Waals surface area contributed by atoms with Crippen molar-refractivity contribution in [2.45, 2.75) is 19.9 Å². The van der Waals surface area contributed by atoms with Crippen molar-refractivity contribution in [2.24, 2.45) is 0 Å². The van der Waals surface area contributed by atoms with E-state index in [1.807, 2.05) is 6.92 Å². The molecule has 0 bridgehead atoms. The molecule has 0 saturated carbocycles.